The van der Waals surface area contributed by atoms with Gasteiger partial charge in [-0.05, 0) is 47.9 Å². The number of rotatable bonds is 7. The molecule has 3 aliphatic rings. The van der Waals surface area contributed by atoms with Gasteiger partial charge in [0.2, 0.25) is 5.91 Å². The zero-order valence-electron chi connectivity index (χ0n) is 19.4. The molecule has 35 heavy (non-hydrogen) atoms. The Morgan fingerprint density at radius 2 is 1.63 bits per heavy atom. The zero-order chi connectivity index (χ0) is 24.4. The van der Waals surface area contributed by atoms with Crippen molar-refractivity contribution >= 4 is 18.0 Å². The van der Waals surface area contributed by atoms with E-state index in [0.717, 1.165) is 0 Å². The van der Waals surface area contributed by atoms with Crippen LogP contribution in [0.15, 0.2) is 48.5 Å². The second kappa shape index (κ2) is 10.1. The highest BCUT2D eigenvalue weighted by molar-refractivity contribution is 5.80. The number of amides is 2. The summed E-state index contributed by atoms with van der Waals surface area (Å²) < 4.78 is 11.1. The van der Waals surface area contributed by atoms with Gasteiger partial charge in [0.25, 0.3) is 0 Å². The van der Waals surface area contributed by atoms with E-state index in [-0.39, 0.29) is 43.1 Å². The largest absolute Gasteiger partial charge is 0.481 e. The van der Waals surface area contributed by atoms with Crippen LogP contribution in [0.1, 0.15) is 42.7 Å². The molecule has 8 heteroatoms. The van der Waals surface area contributed by atoms with Gasteiger partial charge >= 0.3 is 12.1 Å². The molecule has 0 bridgehead atoms. The molecule has 0 radical (unpaired) electrons. The van der Waals surface area contributed by atoms with E-state index in [9.17, 15) is 14.4 Å². The van der Waals surface area contributed by atoms with Crippen LogP contribution in [0.3, 0.4) is 0 Å². The first-order valence-electron chi connectivity index (χ1n) is 12.2. The molecule has 1 saturated heterocycles. The number of carbonyl (C=O) groups is 3. The van der Waals surface area contributed by atoms with Gasteiger partial charge in [0, 0.05) is 24.4 Å². The standard InChI is InChI=1S/C27H30N2O6/c30-25(28-13-19-12-17(14-34-19)26(31)32)16-9-10-18(11-16)29-27(33)35-15-24-22-7-3-1-5-20(22)21-6-2-4-8-23(21)24/h1-8,16-19,24H,9-15H2,(H,28,30)(H,29,33)(H,31,32)/t16-,17?,18+,19?/m0/s1. The molecule has 8 nitrogen and oxygen atoms in total. The first-order valence-corrected chi connectivity index (χ1v) is 12.2. The van der Waals surface area contributed by atoms with Crippen molar-refractivity contribution in [2.75, 3.05) is 19.8 Å². The number of nitrogens with one attached hydrogen (secondary N) is 2. The van der Waals surface area contributed by atoms with Gasteiger partial charge in [-0.15, -0.1) is 0 Å². The van der Waals surface area contributed by atoms with Crippen molar-refractivity contribution in [2.45, 2.75) is 43.7 Å². The maximum absolute atomic E-state index is 12.6. The fraction of sp³-hybridized carbons (Fsp3) is 0.444. The van der Waals surface area contributed by atoms with E-state index in [2.05, 4.69) is 34.9 Å². The number of alkyl carbamates (subject to hydrolysis) is 1. The highest BCUT2D eigenvalue weighted by Crippen LogP contribution is 2.44. The van der Waals surface area contributed by atoms with Gasteiger partial charge in [0.05, 0.1) is 18.6 Å². The Hall–Kier alpha value is -3.39. The number of hydrogen-bond acceptors (Lipinski definition) is 5. The molecule has 2 aliphatic carbocycles. The fourth-order valence-electron chi connectivity index (χ4n) is 5.54. The number of benzene rings is 2. The lowest BCUT2D eigenvalue weighted by Gasteiger charge is -2.17. The van der Waals surface area contributed by atoms with Crippen molar-refractivity contribution in [1.82, 2.24) is 10.6 Å². The van der Waals surface area contributed by atoms with Crippen LogP contribution in [-0.4, -0.2) is 55.0 Å². The van der Waals surface area contributed by atoms with Crippen molar-refractivity contribution in [1.29, 1.82) is 0 Å². The Morgan fingerprint density at radius 1 is 0.943 bits per heavy atom. The molecule has 4 atom stereocenters. The predicted molar refractivity (Wildman–Crippen MR) is 128 cm³/mol. The number of aliphatic carboxylic acids is 1. The molecule has 2 unspecified atom stereocenters. The summed E-state index contributed by atoms with van der Waals surface area (Å²) in [6.45, 7) is 0.754. The normalized spacial score (nSPS) is 25.0. The molecule has 2 amide bonds. The van der Waals surface area contributed by atoms with E-state index in [1.54, 1.807) is 0 Å². The van der Waals surface area contributed by atoms with Crippen molar-refractivity contribution in [2.24, 2.45) is 11.8 Å². The maximum Gasteiger partial charge on any atom is 0.407 e. The van der Waals surface area contributed by atoms with Crippen LogP contribution in [0.2, 0.25) is 0 Å². The van der Waals surface area contributed by atoms with E-state index < -0.39 is 18.0 Å². The lowest BCUT2D eigenvalue weighted by Crippen LogP contribution is -2.37. The third-order valence-corrected chi connectivity index (χ3v) is 7.40. The monoisotopic (exact) mass is 478 g/mol. The molecule has 3 N–H and O–H groups in total. The highest BCUT2D eigenvalue weighted by Gasteiger charge is 2.34. The van der Waals surface area contributed by atoms with E-state index in [0.29, 0.717) is 32.2 Å². The zero-order valence-corrected chi connectivity index (χ0v) is 19.4. The SMILES string of the molecule is O=C(N[C@@H]1CC[C@H](C(=O)NCC2CC(C(=O)O)CO2)C1)OCC1c2ccccc2-c2ccccc21. The average molecular weight is 479 g/mol. The third-order valence-electron chi connectivity index (χ3n) is 7.40. The number of carboxylic acids is 1. The van der Waals surface area contributed by atoms with Gasteiger partial charge in [0.1, 0.15) is 6.61 Å². The summed E-state index contributed by atoms with van der Waals surface area (Å²) in [7, 11) is 0. The summed E-state index contributed by atoms with van der Waals surface area (Å²) in [5.74, 6) is -1.63. The molecule has 2 aromatic carbocycles. The molecule has 1 heterocycles. The van der Waals surface area contributed by atoms with Crippen LogP contribution < -0.4 is 10.6 Å². The second-order valence-electron chi connectivity index (χ2n) is 9.65. The molecule has 2 aromatic rings. The predicted octanol–water partition coefficient (Wildman–Crippen LogP) is 3.30. The lowest BCUT2D eigenvalue weighted by molar-refractivity contribution is -0.141. The number of carbonyl (C=O) groups excluding carboxylic acids is 2. The molecular weight excluding hydrogens is 448 g/mol. The average Bonchev–Trinajstić information content (AvgIpc) is 3.59. The molecular formula is C27H30N2O6. The summed E-state index contributed by atoms with van der Waals surface area (Å²) in [5.41, 5.74) is 4.70. The van der Waals surface area contributed by atoms with Gasteiger partial charge in [-0.25, -0.2) is 4.79 Å². The van der Waals surface area contributed by atoms with E-state index in [4.69, 9.17) is 14.6 Å². The number of fused-ring (bicyclic) bond motifs is 3. The van der Waals surface area contributed by atoms with Crippen molar-refractivity contribution in [3.63, 3.8) is 0 Å². The van der Waals surface area contributed by atoms with Crippen molar-refractivity contribution in [3.8, 4) is 11.1 Å². The number of ether oxygens (including phenoxy) is 2. The van der Waals surface area contributed by atoms with Crippen LogP contribution >= 0.6 is 0 Å². The first-order chi connectivity index (χ1) is 17.0. The minimum Gasteiger partial charge on any atom is -0.481 e. The molecule has 2 fully saturated rings. The van der Waals surface area contributed by atoms with Crippen molar-refractivity contribution < 1.29 is 29.0 Å². The minimum atomic E-state index is -0.864. The van der Waals surface area contributed by atoms with Gasteiger partial charge in [-0.3, -0.25) is 9.59 Å². The van der Waals surface area contributed by atoms with Crippen LogP contribution in [0.4, 0.5) is 4.79 Å². The Balaban J connectivity index is 1.07. The maximum atomic E-state index is 12.6. The minimum absolute atomic E-state index is 0.00813. The summed E-state index contributed by atoms with van der Waals surface area (Å²) in [4.78, 5) is 36.1. The van der Waals surface area contributed by atoms with Crippen LogP contribution in [0.5, 0.6) is 0 Å². The van der Waals surface area contributed by atoms with E-state index in [1.807, 2.05) is 24.3 Å². The molecule has 0 spiro atoms. The fourth-order valence-corrected chi connectivity index (χ4v) is 5.54. The molecule has 0 aromatic heterocycles. The summed E-state index contributed by atoms with van der Waals surface area (Å²) in [6.07, 6.45) is 1.63. The quantitative estimate of drug-likeness (QED) is 0.563. The Kier molecular flexibility index (Phi) is 6.72. The molecule has 184 valence electrons. The molecule has 5 rings (SSSR count). The van der Waals surface area contributed by atoms with E-state index in [1.165, 1.54) is 22.3 Å². The third kappa shape index (κ3) is 5.03. The van der Waals surface area contributed by atoms with Crippen LogP contribution in [0, 0.1) is 11.8 Å². The number of hydrogen-bond donors (Lipinski definition) is 3. The van der Waals surface area contributed by atoms with Crippen molar-refractivity contribution in [3.05, 3.63) is 59.7 Å². The Labute approximate surface area is 204 Å². The molecule has 1 saturated carbocycles. The highest BCUT2D eigenvalue weighted by atomic mass is 16.5. The second-order valence-corrected chi connectivity index (χ2v) is 9.65. The van der Waals surface area contributed by atoms with Gasteiger partial charge in [0.15, 0.2) is 0 Å². The Morgan fingerprint density at radius 3 is 2.29 bits per heavy atom. The Bertz CT molecular complexity index is 1070. The van der Waals surface area contributed by atoms with Gasteiger partial charge in [-0.2, -0.15) is 0 Å². The summed E-state index contributed by atoms with van der Waals surface area (Å²) >= 11 is 0. The topological polar surface area (TPSA) is 114 Å². The smallest absolute Gasteiger partial charge is 0.407 e. The van der Waals surface area contributed by atoms with E-state index >= 15 is 0 Å². The lowest BCUT2D eigenvalue weighted by atomic mass is 9.98. The van der Waals surface area contributed by atoms with Gasteiger partial charge < -0.3 is 25.2 Å². The molecule has 1 aliphatic heterocycles. The van der Waals surface area contributed by atoms with Crippen LogP contribution in [0.25, 0.3) is 11.1 Å². The number of carboxylic acid groups (broad SMARTS) is 1. The first kappa shape index (κ1) is 23.4. The summed E-state index contributed by atoms with van der Waals surface area (Å²) in [5, 5.41) is 14.9. The van der Waals surface area contributed by atoms with Crippen LogP contribution in [-0.2, 0) is 19.1 Å². The summed E-state index contributed by atoms with van der Waals surface area (Å²) in [6, 6.07) is 16.3. The van der Waals surface area contributed by atoms with Gasteiger partial charge in [-0.1, -0.05) is 48.5 Å².